The lowest BCUT2D eigenvalue weighted by molar-refractivity contribution is 0.0600. The fraction of sp³-hybridized carbons (Fsp3) is 0.318. The summed E-state index contributed by atoms with van der Waals surface area (Å²) in [6.07, 6.45) is 4.89. The molecule has 0 fully saturated rings. The summed E-state index contributed by atoms with van der Waals surface area (Å²) in [6.45, 7) is 8.23. The van der Waals surface area contributed by atoms with Crippen molar-refractivity contribution in [1.29, 1.82) is 0 Å². The number of ether oxygens (including phenoxy) is 2. The molecule has 0 aliphatic carbocycles. The molecule has 0 N–H and O–H groups in total. The number of hydrogen-bond acceptors (Lipinski definition) is 3. The van der Waals surface area contributed by atoms with Crippen LogP contribution in [0.2, 0.25) is 0 Å². The molecule has 4 heteroatoms. The van der Waals surface area contributed by atoms with E-state index in [0.29, 0.717) is 5.75 Å². The first-order chi connectivity index (χ1) is 12.5. The van der Waals surface area contributed by atoms with Crippen LogP contribution in [0.15, 0.2) is 55.1 Å². The van der Waals surface area contributed by atoms with E-state index in [-0.39, 0.29) is 16.7 Å². The molecule has 0 spiro atoms. The van der Waals surface area contributed by atoms with Gasteiger partial charge in [-0.3, -0.25) is 0 Å². The Bertz CT molecular complexity index is 761. The number of methoxy groups -OCH3 is 1. The Morgan fingerprint density at radius 3 is 2.31 bits per heavy atom. The van der Waals surface area contributed by atoms with Gasteiger partial charge in [-0.25, -0.2) is 9.18 Å². The van der Waals surface area contributed by atoms with Crippen molar-refractivity contribution >= 4 is 5.97 Å². The summed E-state index contributed by atoms with van der Waals surface area (Å²) in [5.74, 6) is -0.593. The number of hydrogen-bond donors (Lipinski definition) is 0. The summed E-state index contributed by atoms with van der Waals surface area (Å²) in [4.78, 5) is 11.4. The Morgan fingerprint density at radius 1 is 1.15 bits per heavy atom. The number of benzene rings is 2. The third-order valence-electron chi connectivity index (χ3n) is 4.94. The first kappa shape index (κ1) is 19.7. The largest absolute Gasteiger partial charge is 0.465 e. The van der Waals surface area contributed by atoms with Gasteiger partial charge in [0, 0.05) is 0 Å². The van der Waals surface area contributed by atoms with Crippen molar-refractivity contribution in [2.45, 2.75) is 38.5 Å². The molecule has 2 aromatic rings. The molecule has 0 saturated carbocycles. The van der Waals surface area contributed by atoms with Crippen molar-refractivity contribution in [2.75, 3.05) is 7.11 Å². The van der Waals surface area contributed by atoms with Crippen LogP contribution in [-0.4, -0.2) is 13.1 Å². The quantitative estimate of drug-likeness (QED) is 0.427. The molecule has 3 nitrogen and oxygen atoms in total. The minimum atomic E-state index is -0.611. The Balaban J connectivity index is 2.21. The molecule has 0 aromatic heterocycles. The first-order valence-electron chi connectivity index (χ1n) is 8.76. The number of carbonyl (C=O) groups is 1. The van der Waals surface area contributed by atoms with Crippen LogP contribution in [-0.2, 0) is 10.2 Å². The molecule has 0 unspecified atom stereocenters. The van der Waals surface area contributed by atoms with E-state index in [1.807, 2.05) is 30.3 Å². The van der Waals surface area contributed by atoms with Gasteiger partial charge in [0.1, 0.15) is 5.75 Å². The van der Waals surface area contributed by atoms with Gasteiger partial charge in [-0.2, -0.15) is 0 Å². The lowest BCUT2D eigenvalue weighted by Gasteiger charge is -2.31. The standard InChI is InChI=1S/C22H25FO3/c1-5-14-22(6-2,7-3)17-9-11-18(12-10-17)26-20-13-8-16(15-19(20)23)21(24)25-4/h5,8-13,15H,1,6-7,14H2,2-4H3. The van der Waals surface area contributed by atoms with Crippen molar-refractivity contribution in [3.8, 4) is 11.5 Å². The minimum Gasteiger partial charge on any atom is -0.465 e. The highest BCUT2D eigenvalue weighted by Crippen LogP contribution is 2.37. The lowest BCUT2D eigenvalue weighted by atomic mass is 9.73. The van der Waals surface area contributed by atoms with Gasteiger partial charge < -0.3 is 9.47 Å². The fourth-order valence-corrected chi connectivity index (χ4v) is 3.17. The van der Waals surface area contributed by atoms with Crippen LogP contribution in [0.25, 0.3) is 0 Å². The molecule has 0 atom stereocenters. The summed E-state index contributed by atoms with van der Waals surface area (Å²) >= 11 is 0. The predicted octanol–water partition coefficient (Wildman–Crippen LogP) is 6.04. The molecular formula is C22H25FO3. The van der Waals surface area contributed by atoms with E-state index in [0.717, 1.165) is 25.3 Å². The van der Waals surface area contributed by atoms with Crippen molar-refractivity contribution in [2.24, 2.45) is 0 Å². The van der Waals surface area contributed by atoms with E-state index < -0.39 is 11.8 Å². The highest BCUT2D eigenvalue weighted by atomic mass is 19.1. The number of rotatable bonds is 8. The summed E-state index contributed by atoms with van der Waals surface area (Å²) in [5, 5.41) is 0. The fourth-order valence-electron chi connectivity index (χ4n) is 3.17. The molecule has 0 aliphatic heterocycles. The van der Waals surface area contributed by atoms with Gasteiger partial charge in [0.2, 0.25) is 0 Å². The maximum Gasteiger partial charge on any atom is 0.337 e. The Hall–Kier alpha value is -2.62. The molecule has 26 heavy (non-hydrogen) atoms. The Morgan fingerprint density at radius 2 is 1.81 bits per heavy atom. The molecule has 0 aliphatic rings. The van der Waals surface area contributed by atoms with E-state index in [1.54, 1.807) is 0 Å². The van der Waals surface area contributed by atoms with Gasteiger partial charge in [-0.1, -0.05) is 32.1 Å². The maximum absolute atomic E-state index is 14.2. The normalized spacial score (nSPS) is 11.1. The van der Waals surface area contributed by atoms with E-state index in [9.17, 15) is 9.18 Å². The Kier molecular flexibility index (Phi) is 6.56. The van der Waals surface area contributed by atoms with Gasteiger partial charge in [0.25, 0.3) is 0 Å². The van der Waals surface area contributed by atoms with Crippen LogP contribution in [0, 0.1) is 5.82 Å². The van der Waals surface area contributed by atoms with Gasteiger partial charge in [-0.15, -0.1) is 6.58 Å². The van der Waals surface area contributed by atoms with Crippen molar-refractivity contribution in [1.82, 2.24) is 0 Å². The van der Waals surface area contributed by atoms with Crippen LogP contribution in [0.5, 0.6) is 11.5 Å². The summed E-state index contributed by atoms with van der Waals surface area (Å²) in [7, 11) is 1.26. The topological polar surface area (TPSA) is 35.5 Å². The monoisotopic (exact) mass is 356 g/mol. The van der Waals surface area contributed by atoms with E-state index in [2.05, 4.69) is 25.2 Å². The average molecular weight is 356 g/mol. The van der Waals surface area contributed by atoms with Gasteiger partial charge in [0.05, 0.1) is 12.7 Å². The predicted molar refractivity (Wildman–Crippen MR) is 101 cm³/mol. The SMILES string of the molecule is C=CCC(CC)(CC)c1ccc(Oc2ccc(C(=O)OC)cc2F)cc1. The summed E-state index contributed by atoms with van der Waals surface area (Å²) < 4.78 is 24.4. The van der Waals surface area contributed by atoms with E-state index in [4.69, 9.17) is 4.74 Å². The molecule has 2 aromatic carbocycles. The second-order valence-corrected chi connectivity index (χ2v) is 6.24. The number of carbonyl (C=O) groups excluding carboxylic acids is 1. The van der Waals surface area contributed by atoms with Crippen LogP contribution >= 0.6 is 0 Å². The molecule has 0 heterocycles. The van der Waals surface area contributed by atoms with Gasteiger partial charge in [0.15, 0.2) is 11.6 Å². The van der Waals surface area contributed by atoms with Crippen molar-refractivity contribution in [3.63, 3.8) is 0 Å². The number of esters is 1. The lowest BCUT2D eigenvalue weighted by Crippen LogP contribution is -2.23. The smallest absolute Gasteiger partial charge is 0.337 e. The summed E-state index contributed by atoms with van der Waals surface area (Å²) in [5.41, 5.74) is 1.43. The highest BCUT2D eigenvalue weighted by molar-refractivity contribution is 5.89. The Labute approximate surface area is 154 Å². The number of allylic oxidation sites excluding steroid dienone is 1. The zero-order valence-electron chi connectivity index (χ0n) is 15.5. The van der Waals surface area contributed by atoms with Crippen LogP contribution in [0.3, 0.4) is 0 Å². The maximum atomic E-state index is 14.2. The van der Waals surface area contributed by atoms with Gasteiger partial charge >= 0.3 is 5.97 Å². The van der Waals surface area contributed by atoms with E-state index >= 15 is 0 Å². The summed E-state index contributed by atoms with van der Waals surface area (Å²) in [6, 6.07) is 11.7. The third-order valence-corrected chi connectivity index (χ3v) is 4.94. The van der Waals surface area contributed by atoms with E-state index in [1.165, 1.54) is 24.8 Å². The molecule has 0 amide bonds. The van der Waals surface area contributed by atoms with Gasteiger partial charge in [-0.05, 0) is 60.6 Å². The minimum absolute atomic E-state index is 0.0632. The molecular weight excluding hydrogens is 331 g/mol. The van der Waals surface area contributed by atoms with Crippen LogP contribution in [0.1, 0.15) is 49.0 Å². The molecule has 0 radical (unpaired) electrons. The molecule has 2 rings (SSSR count). The highest BCUT2D eigenvalue weighted by Gasteiger charge is 2.26. The van der Waals surface area contributed by atoms with Crippen LogP contribution < -0.4 is 4.74 Å². The number of halogens is 1. The average Bonchev–Trinajstić information content (AvgIpc) is 2.67. The molecule has 138 valence electrons. The zero-order chi connectivity index (χ0) is 19.2. The molecule has 0 bridgehead atoms. The van der Waals surface area contributed by atoms with Crippen molar-refractivity contribution in [3.05, 3.63) is 72.1 Å². The van der Waals surface area contributed by atoms with Crippen LogP contribution in [0.4, 0.5) is 4.39 Å². The second kappa shape index (κ2) is 8.65. The third kappa shape index (κ3) is 4.13. The first-order valence-corrected chi connectivity index (χ1v) is 8.76. The zero-order valence-corrected chi connectivity index (χ0v) is 15.5. The van der Waals surface area contributed by atoms with Crippen molar-refractivity contribution < 1.29 is 18.7 Å². The second-order valence-electron chi connectivity index (χ2n) is 6.24. The molecule has 0 saturated heterocycles.